The fourth-order valence-corrected chi connectivity index (χ4v) is 1.25. The van der Waals surface area contributed by atoms with Gasteiger partial charge in [-0.05, 0) is 23.3 Å². The lowest BCUT2D eigenvalue weighted by molar-refractivity contribution is 1.57. The number of hydrogen-bond donors (Lipinski definition) is 0. The van der Waals surface area contributed by atoms with Crippen LogP contribution in [0.4, 0.5) is 0 Å². The first-order valence-electron chi connectivity index (χ1n) is 4.65. The van der Waals surface area contributed by atoms with Gasteiger partial charge in [-0.2, -0.15) is 0 Å². The third-order valence-electron chi connectivity index (χ3n) is 1.98. The molecule has 0 aliphatic carbocycles. The Morgan fingerprint density at radius 2 is 1.29 bits per heavy atom. The van der Waals surface area contributed by atoms with Gasteiger partial charge in [0, 0.05) is 0 Å². The first-order valence-corrected chi connectivity index (χ1v) is 4.65. The number of rotatable bonds is 2. The van der Waals surface area contributed by atoms with E-state index in [1.54, 1.807) is 0 Å². The second-order valence-electron chi connectivity index (χ2n) is 3.07. The van der Waals surface area contributed by atoms with Crippen molar-refractivity contribution in [1.82, 2.24) is 0 Å². The highest BCUT2D eigenvalue weighted by molar-refractivity contribution is 5.50. The molecule has 0 saturated heterocycles. The molecule has 2 aromatic rings. The van der Waals surface area contributed by atoms with Crippen molar-refractivity contribution >= 4 is 6.08 Å². The van der Waals surface area contributed by atoms with Crippen LogP contribution < -0.4 is 0 Å². The third-order valence-corrected chi connectivity index (χ3v) is 1.98. The lowest BCUT2D eigenvalue weighted by Gasteiger charge is -1.91. The lowest BCUT2D eigenvalue weighted by atomic mass is 10.1. The van der Waals surface area contributed by atoms with Gasteiger partial charge in [0.05, 0.1) is 0 Å². The van der Waals surface area contributed by atoms with Crippen LogP contribution in [0.3, 0.4) is 0 Å². The SMILES string of the molecule is [C](=Cc1ccccc1)c1ccccc1. The van der Waals surface area contributed by atoms with Crippen molar-refractivity contribution in [2.75, 3.05) is 0 Å². The van der Waals surface area contributed by atoms with Gasteiger partial charge >= 0.3 is 0 Å². The molecule has 2 aromatic carbocycles. The standard InChI is InChI=1S/C14H11/c1-3-7-13(8-4-1)11-12-14-9-5-2-6-10-14/h1-11H. The molecule has 0 unspecified atom stereocenters. The molecule has 0 aliphatic heterocycles. The third kappa shape index (κ3) is 2.33. The van der Waals surface area contributed by atoms with Gasteiger partial charge in [0.25, 0.3) is 0 Å². The Kier molecular flexibility index (Phi) is 2.77. The van der Waals surface area contributed by atoms with Crippen molar-refractivity contribution in [3.05, 3.63) is 77.9 Å². The Balaban J connectivity index is 2.16. The van der Waals surface area contributed by atoms with Crippen LogP contribution >= 0.6 is 0 Å². The van der Waals surface area contributed by atoms with E-state index in [0.717, 1.165) is 5.56 Å². The molecule has 0 atom stereocenters. The normalized spacial score (nSPS) is 10.6. The van der Waals surface area contributed by atoms with Crippen molar-refractivity contribution in [3.8, 4) is 0 Å². The predicted octanol–water partition coefficient (Wildman–Crippen LogP) is 3.55. The molecule has 14 heavy (non-hydrogen) atoms. The molecule has 0 nitrogen and oxygen atoms in total. The Labute approximate surface area is 84.5 Å². The van der Waals surface area contributed by atoms with E-state index in [0.29, 0.717) is 0 Å². The Morgan fingerprint density at radius 1 is 0.714 bits per heavy atom. The van der Waals surface area contributed by atoms with Crippen LogP contribution in [0.15, 0.2) is 60.7 Å². The van der Waals surface area contributed by atoms with Crippen molar-refractivity contribution in [3.63, 3.8) is 0 Å². The summed E-state index contributed by atoms with van der Waals surface area (Å²) in [5, 5.41) is 0. The monoisotopic (exact) mass is 179 g/mol. The highest BCUT2D eigenvalue weighted by Gasteiger charge is 1.85. The smallest absolute Gasteiger partial charge is 0.00992 e. The van der Waals surface area contributed by atoms with Crippen LogP contribution in [0.1, 0.15) is 11.1 Å². The van der Waals surface area contributed by atoms with Gasteiger partial charge in [-0.1, -0.05) is 60.7 Å². The summed E-state index contributed by atoms with van der Waals surface area (Å²) in [5.41, 5.74) is 2.28. The molecular weight excluding hydrogens is 168 g/mol. The second-order valence-corrected chi connectivity index (χ2v) is 3.07. The predicted molar refractivity (Wildman–Crippen MR) is 59.7 cm³/mol. The average molecular weight is 179 g/mol. The topological polar surface area (TPSA) is 0 Å². The summed E-state index contributed by atoms with van der Waals surface area (Å²) in [4.78, 5) is 0. The average Bonchev–Trinajstić information content (AvgIpc) is 2.29. The van der Waals surface area contributed by atoms with E-state index in [1.807, 2.05) is 54.6 Å². The van der Waals surface area contributed by atoms with Crippen molar-refractivity contribution in [2.45, 2.75) is 0 Å². The molecule has 1 radical (unpaired) electrons. The zero-order chi connectivity index (χ0) is 9.64. The van der Waals surface area contributed by atoms with Gasteiger partial charge in [-0.25, -0.2) is 0 Å². The molecule has 0 aromatic heterocycles. The molecule has 0 heteroatoms. The summed E-state index contributed by atoms with van der Waals surface area (Å²) in [6.07, 6.45) is 5.23. The van der Waals surface area contributed by atoms with E-state index in [-0.39, 0.29) is 0 Å². The second kappa shape index (κ2) is 4.43. The molecule has 0 fully saturated rings. The quantitative estimate of drug-likeness (QED) is 0.618. The maximum Gasteiger partial charge on any atom is -0.00992 e. The summed E-state index contributed by atoms with van der Waals surface area (Å²) in [6.45, 7) is 0. The highest BCUT2D eigenvalue weighted by atomic mass is 13.9. The van der Waals surface area contributed by atoms with Crippen LogP contribution in [0.2, 0.25) is 0 Å². The summed E-state index contributed by atoms with van der Waals surface area (Å²) in [7, 11) is 0. The molecule has 0 aliphatic rings. The van der Waals surface area contributed by atoms with E-state index in [2.05, 4.69) is 18.2 Å². The maximum atomic E-state index is 3.24. The van der Waals surface area contributed by atoms with E-state index < -0.39 is 0 Å². The molecule has 0 spiro atoms. The van der Waals surface area contributed by atoms with Gasteiger partial charge in [-0.3, -0.25) is 0 Å². The molecule has 0 saturated carbocycles. The highest BCUT2D eigenvalue weighted by Crippen LogP contribution is 2.04. The summed E-state index contributed by atoms with van der Waals surface area (Å²) >= 11 is 0. The minimum atomic E-state index is 1.11. The molecular formula is C14H11. The van der Waals surface area contributed by atoms with Crippen LogP contribution in [-0.2, 0) is 0 Å². The molecule has 2 rings (SSSR count). The molecule has 67 valence electrons. The van der Waals surface area contributed by atoms with Crippen molar-refractivity contribution < 1.29 is 0 Å². The summed E-state index contributed by atoms with van der Waals surface area (Å²) in [6, 6.07) is 20.3. The van der Waals surface area contributed by atoms with Gasteiger partial charge < -0.3 is 0 Å². The van der Waals surface area contributed by atoms with Gasteiger partial charge in [0.15, 0.2) is 0 Å². The zero-order valence-electron chi connectivity index (χ0n) is 7.85. The molecule has 0 heterocycles. The largest absolute Gasteiger partial charge is 0.0622 e. The zero-order valence-corrected chi connectivity index (χ0v) is 7.85. The fraction of sp³-hybridized carbons (Fsp3) is 0. The van der Waals surface area contributed by atoms with Crippen molar-refractivity contribution in [2.24, 2.45) is 0 Å². The fourth-order valence-electron chi connectivity index (χ4n) is 1.25. The van der Waals surface area contributed by atoms with Gasteiger partial charge in [0.2, 0.25) is 0 Å². The Bertz CT molecular complexity index is 357. The molecule has 0 N–H and O–H groups in total. The van der Waals surface area contributed by atoms with Crippen LogP contribution in [0.5, 0.6) is 0 Å². The number of hydrogen-bond acceptors (Lipinski definition) is 0. The molecule has 0 bridgehead atoms. The first-order chi connectivity index (χ1) is 6.95. The van der Waals surface area contributed by atoms with Gasteiger partial charge in [0.1, 0.15) is 0 Å². The first kappa shape index (κ1) is 8.76. The van der Waals surface area contributed by atoms with E-state index in [9.17, 15) is 0 Å². The van der Waals surface area contributed by atoms with Crippen LogP contribution in [0.25, 0.3) is 6.08 Å². The van der Waals surface area contributed by atoms with E-state index in [4.69, 9.17) is 0 Å². The maximum absolute atomic E-state index is 3.24. The minimum absolute atomic E-state index is 1.11. The van der Waals surface area contributed by atoms with E-state index in [1.165, 1.54) is 5.56 Å². The number of benzene rings is 2. The minimum Gasteiger partial charge on any atom is -0.0622 e. The Morgan fingerprint density at radius 3 is 1.93 bits per heavy atom. The van der Waals surface area contributed by atoms with E-state index >= 15 is 0 Å². The Hall–Kier alpha value is -1.82. The van der Waals surface area contributed by atoms with Crippen LogP contribution in [-0.4, -0.2) is 0 Å². The summed E-state index contributed by atoms with van der Waals surface area (Å²) in [5.74, 6) is 0. The van der Waals surface area contributed by atoms with Crippen LogP contribution in [0, 0.1) is 6.08 Å². The van der Waals surface area contributed by atoms with Crippen molar-refractivity contribution in [1.29, 1.82) is 0 Å². The lowest BCUT2D eigenvalue weighted by Crippen LogP contribution is -1.72. The molecule has 0 amide bonds. The van der Waals surface area contributed by atoms with Gasteiger partial charge in [-0.15, -0.1) is 0 Å². The summed E-state index contributed by atoms with van der Waals surface area (Å²) < 4.78 is 0.